The fraction of sp³-hybridized carbons (Fsp3) is 0.154. The molecule has 1 heterocycles. The maximum Gasteiger partial charge on any atom is 0.186 e. The highest BCUT2D eigenvalue weighted by molar-refractivity contribution is 9.10. The van der Waals surface area contributed by atoms with Crippen molar-refractivity contribution in [1.82, 2.24) is 4.98 Å². The van der Waals surface area contributed by atoms with Crippen LogP contribution in [0.2, 0.25) is 0 Å². The van der Waals surface area contributed by atoms with Crippen molar-refractivity contribution in [3.05, 3.63) is 52.3 Å². The van der Waals surface area contributed by atoms with Gasteiger partial charge in [-0.15, -0.1) is 0 Å². The zero-order chi connectivity index (χ0) is 14.0. The van der Waals surface area contributed by atoms with Crippen LogP contribution in [0.1, 0.15) is 11.3 Å². The van der Waals surface area contributed by atoms with Crippen LogP contribution < -0.4 is 5.73 Å². The number of aryl methyl sites for hydroxylation is 1. The van der Waals surface area contributed by atoms with E-state index in [9.17, 15) is 8.42 Å². The van der Waals surface area contributed by atoms with Crippen LogP contribution >= 0.6 is 15.9 Å². The van der Waals surface area contributed by atoms with Crippen molar-refractivity contribution >= 4 is 31.5 Å². The molecule has 19 heavy (non-hydrogen) atoms. The van der Waals surface area contributed by atoms with Gasteiger partial charge in [0.1, 0.15) is 0 Å². The van der Waals surface area contributed by atoms with E-state index in [1.54, 1.807) is 36.5 Å². The number of hydrogen-bond acceptors (Lipinski definition) is 4. The molecule has 2 aromatic rings. The Kier molecular flexibility index (Phi) is 3.91. The number of hydrogen-bond donors (Lipinski definition) is 1. The summed E-state index contributed by atoms with van der Waals surface area (Å²) in [5.41, 5.74) is 7.36. The predicted molar refractivity (Wildman–Crippen MR) is 78.4 cm³/mol. The molecule has 0 aliphatic carbocycles. The number of sulfone groups is 1. The fourth-order valence-corrected chi connectivity index (χ4v) is 3.42. The minimum Gasteiger partial charge on any atom is -0.398 e. The molecule has 1 aromatic carbocycles. The van der Waals surface area contributed by atoms with Crippen molar-refractivity contribution in [2.24, 2.45) is 0 Å². The first-order valence-corrected chi connectivity index (χ1v) is 8.02. The lowest BCUT2D eigenvalue weighted by atomic mass is 10.2. The normalized spacial score (nSPS) is 11.5. The average Bonchev–Trinajstić information content (AvgIpc) is 2.35. The molecule has 0 atom stereocenters. The highest BCUT2D eigenvalue weighted by Gasteiger charge is 2.19. The maximum atomic E-state index is 12.3. The summed E-state index contributed by atoms with van der Waals surface area (Å²) in [4.78, 5) is 4.24. The summed E-state index contributed by atoms with van der Waals surface area (Å²) in [6.45, 7) is 1.83. The molecule has 1 aromatic heterocycles. The molecule has 0 radical (unpaired) electrons. The van der Waals surface area contributed by atoms with Crippen LogP contribution in [0.5, 0.6) is 0 Å². The summed E-state index contributed by atoms with van der Waals surface area (Å²) >= 11 is 3.26. The molecule has 0 amide bonds. The second-order valence-electron chi connectivity index (χ2n) is 4.27. The molecule has 0 saturated carbocycles. The van der Waals surface area contributed by atoms with E-state index < -0.39 is 9.84 Å². The van der Waals surface area contributed by atoms with Gasteiger partial charge in [-0.1, -0.05) is 6.07 Å². The molecular weight excluding hydrogens is 328 g/mol. The van der Waals surface area contributed by atoms with Gasteiger partial charge in [0.05, 0.1) is 22.0 Å². The van der Waals surface area contributed by atoms with Crippen molar-refractivity contribution in [1.29, 1.82) is 0 Å². The molecule has 0 saturated heterocycles. The first kappa shape index (κ1) is 14.0. The zero-order valence-corrected chi connectivity index (χ0v) is 12.7. The third kappa shape index (κ3) is 3.33. The third-order valence-corrected chi connectivity index (χ3v) is 4.80. The summed E-state index contributed by atoms with van der Waals surface area (Å²) in [6, 6.07) is 8.41. The number of anilines is 1. The summed E-state index contributed by atoms with van der Waals surface area (Å²) in [5.74, 6) is -0.159. The first-order chi connectivity index (χ1) is 8.88. The summed E-state index contributed by atoms with van der Waals surface area (Å²) in [7, 11) is -3.48. The Morgan fingerprint density at radius 1 is 1.26 bits per heavy atom. The lowest BCUT2D eigenvalue weighted by Crippen LogP contribution is -2.09. The van der Waals surface area contributed by atoms with Crippen molar-refractivity contribution in [3.63, 3.8) is 0 Å². The molecule has 6 heteroatoms. The fourth-order valence-electron chi connectivity index (χ4n) is 1.68. The molecular formula is C13H13BrN2O2S. The Labute approximate surface area is 120 Å². The number of rotatable bonds is 3. The molecule has 0 bridgehead atoms. The van der Waals surface area contributed by atoms with E-state index in [1.807, 2.05) is 6.92 Å². The standard InChI is InChI=1S/C13H13BrN2O2S/c1-9-2-5-12(15)13(6-9)19(17,18)8-11-4-3-10(14)7-16-11/h2-7H,8,15H2,1H3. The Morgan fingerprint density at radius 2 is 2.00 bits per heavy atom. The van der Waals surface area contributed by atoms with Gasteiger partial charge in [0.25, 0.3) is 0 Å². The van der Waals surface area contributed by atoms with E-state index in [2.05, 4.69) is 20.9 Å². The van der Waals surface area contributed by atoms with Gasteiger partial charge >= 0.3 is 0 Å². The van der Waals surface area contributed by atoms with Crippen molar-refractivity contribution in [2.45, 2.75) is 17.6 Å². The number of aromatic nitrogens is 1. The van der Waals surface area contributed by atoms with Crippen LogP contribution in [0.15, 0.2) is 45.9 Å². The average molecular weight is 341 g/mol. The topological polar surface area (TPSA) is 73.1 Å². The largest absolute Gasteiger partial charge is 0.398 e. The number of nitrogens with zero attached hydrogens (tertiary/aromatic N) is 1. The molecule has 100 valence electrons. The smallest absolute Gasteiger partial charge is 0.186 e. The molecule has 0 unspecified atom stereocenters. The van der Waals surface area contributed by atoms with Crippen molar-refractivity contribution < 1.29 is 8.42 Å². The number of pyridine rings is 1. The van der Waals surface area contributed by atoms with E-state index >= 15 is 0 Å². The van der Waals surface area contributed by atoms with Gasteiger partial charge in [0, 0.05) is 10.7 Å². The van der Waals surface area contributed by atoms with Crippen molar-refractivity contribution in [2.75, 3.05) is 5.73 Å². The minimum absolute atomic E-state index is 0.159. The van der Waals surface area contributed by atoms with Crippen LogP contribution in [-0.2, 0) is 15.6 Å². The minimum atomic E-state index is -3.48. The SMILES string of the molecule is Cc1ccc(N)c(S(=O)(=O)Cc2ccc(Br)cn2)c1. The van der Waals surface area contributed by atoms with Crippen LogP contribution in [0.3, 0.4) is 0 Å². The van der Waals surface area contributed by atoms with E-state index in [0.717, 1.165) is 10.0 Å². The summed E-state index contributed by atoms with van der Waals surface area (Å²) < 4.78 is 25.5. The molecule has 2 N–H and O–H groups in total. The van der Waals surface area contributed by atoms with Crippen molar-refractivity contribution in [3.8, 4) is 0 Å². The van der Waals surface area contributed by atoms with Crippen LogP contribution in [-0.4, -0.2) is 13.4 Å². The van der Waals surface area contributed by atoms with Gasteiger partial charge in [0.2, 0.25) is 0 Å². The maximum absolute atomic E-state index is 12.3. The second-order valence-corrected chi connectivity index (χ2v) is 7.14. The van der Waals surface area contributed by atoms with Crippen LogP contribution in [0.25, 0.3) is 0 Å². The lowest BCUT2D eigenvalue weighted by Gasteiger charge is -2.08. The highest BCUT2D eigenvalue weighted by Crippen LogP contribution is 2.23. The molecule has 2 rings (SSSR count). The molecule has 0 aliphatic rings. The van der Waals surface area contributed by atoms with Gasteiger partial charge < -0.3 is 5.73 Å². The molecule has 4 nitrogen and oxygen atoms in total. The summed E-state index contributed by atoms with van der Waals surface area (Å²) in [6.07, 6.45) is 1.57. The quantitative estimate of drug-likeness (QED) is 0.872. The Hall–Kier alpha value is -1.40. The zero-order valence-electron chi connectivity index (χ0n) is 10.3. The Morgan fingerprint density at radius 3 is 2.63 bits per heavy atom. The van der Waals surface area contributed by atoms with Gasteiger partial charge in [-0.05, 0) is 52.7 Å². The van der Waals surface area contributed by atoms with Crippen LogP contribution in [0, 0.1) is 6.92 Å². The second kappa shape index (κ2) is 5.30. The van der Waals surface area contributed by atoms with Gasteiger partial charge in [0.15, 0.2) is 9.84 Å². The molecule has 0 aliphatic heterocycles. The highest BCUT2D eigenvalue weighted by atomic mass is 79.9. The summed E-state index contributed by atoms with van der Waals surface area (Å²) in [5, 5.41) is 0. The Balaban J connectivity index is 2.37. The van der Waals surface area contributed by atoms with Gasteiger partial charge in [-0.2, -0.15) is 0 Å². The lowest BCUT2D eigenvalue weighted by molar-refractivity contribution is 0.595. The first-order valence-electron chi connectivity index (χ1n) is 5.58. The van der Waals surface area contributed by atoms with E-state index in [-0.39, 0.29) is 16.3 Å². The van der Waals surface area contributed by atoms with Gasteiger partial charge in [-0.25, -0.2) is 8.42 Å². The monoisotopic (exact) mass is 340 g/mol. The molecule has 0 spiro atoms. The third-order valence-electron chi connectivity index (χ3n) is 2.63. The number of benzene rings is 1. The number of nitrogens with two attached hydrogens (primary N) is 1. The van der Waals surface area contributed by atoms with Gasteiger partial charge in [-0.3, -0.25) is 4.98 Å². The number of nitrogen functional groups attached to an aromatic ring is 1. The Bertz CT molecular complexity index is 697. The van der Waals surface area contributed by atoms with E-state index in [0.29, 0.717) is 5.69 Å². The van der Waals surface area contributed by atoms with E-state index in [1.165, 1.54) is 0 Å². The number of halogens is 1. The molecule has 0 fully saturated rings. The van der Waals surface area contributed by atoms with Crippen LogP contribution in [0.4, 0.5) is 5.69 Å². The predicted octanol–water partition coefficient (Wildman–Crippen LogP) is 2.71. The van der Waals surface area contributed by atoms with E-state index in [4.69, 9.17) is 5.73 Å².